The van der Waals surface area contributed by atoms with Crippen molar-refractivity contribution in [2.75, 3.05) is 13.2 Å². The van der Waals surface area contributed by atoms with Crippen LogP contribution in [0, 0.1) is 0 Å². The summed E-state index contributed by atoms with van der Waals surface area (Å²) in [7, 11) is 0. The lowest BCUT2D eigenvalue weighted by molar-refractivity contribution is -0.167. The molecule has 6 heteroatoms. The summed E-state index contributed by atoms with van der Waals surface area (Å²) in [5, 5.41) is 0. The van der Waals surface area contributed by atoms with Crippen LogP contribution in [-0.4, -0.2) is 37.2 Å². The number of carbonyl (C=O) groups excluding carboxylic acids is 3. The third-order valence-electron chi connectivity index (χ3n) is 10.8. The zero-order valence-electron chi connectivity index (χ0n) is 44.0. The number of hydrogen-bond acceptors (Lipinski definition) is 6. The van der Waals surface area contributed by atoms with Gasteiger partial charge in [-0.1, -0.05) is 218 Å². The van der Waals surface area contributed by atoms with Gasteiger partial charge in [0.05, 0.1) is 0 Å². The van der Waals surface area contributed by atoms with Crippen molar-refractivity contribution < 1.29 is 28.6 Å². The Morgan fingerprint density at radius 3 is 0.913 bits per heavy atom. The minimum Gasteiger partial charge on any atom is -0.462 e. The summed E-state index contributed by atoms with van der Waals surface area (Å²) < 4.78 is 16.6. The molecule has 0 aliphatic heterocycles. The molecule has 1 atom stereocenters. The molecule has 0 aliphatic carbocycles. The molecule has 6 nitrogen and oxygen atoms in total. The van der Waals surface area contributed by atoms with Gasteiger partial charge >= 0.3 is 17.9 Å². The average Bonchev–Trinajstić information content (AvgIpc) is 3.35. The van der Waals surface area contributed by atoms with Crippen LogP contribution in [-0.2, 0) is 28.6 Å². The molecule has 0 aromatic heterocycles. The minimum atomic E-state index is -0.810. The van der Waals surface area contributed by atoms with Gasteiger partial charge in [-0.3, -0.25) is 14.4 Å². The predicted molar refractivity (Wildman–Crippen MR) is 297 cm³/mol. The lowest BCUT2D eigenvalue weighted by Crippen LogP contribution is -2.30. The summed E-state index contributed by atoms with van der Waals surface area (Å²) in [6, 6.07) is 0. The summed E-state index contributed by atoms with van der Waals surface area (Å²) in [4.78, 5) is 37.8. The van der Waals surface area contributed by atoms with Gasteiger partial charge in [0.1, 0.15) is 13.2 Å². The van der Waals surface area contributed by atoms with E-state index < -0.39 is 6.10 Å². The van der Waals surface area contributed by atoms with Crippen molar-refractivity contribution >= 4 is 17.9 Å². The summed E-state index contributed by atoms with van der Waals surface area (Å²) in [6.45, 7) is 6.25. The smallest absolute Gasteiger partial charge is 0.306 e. The van der Waals surface area contributed by atoms with E-state index in [0.717, 1.165) is 154 Å². The van der Waals surface area contributed by atoms with Crippen LogP contribution < -0.4 is 0 Å². The molecule has 0 radical (unpaired) electrons. The van der Waals surface area contributed by atoms with Gasteiger partial charge in [0.2, 0.25) is 0 Å². The van der Waals surface area contributed by atoms with Crippen molar-refractivity contribution in [2.24, 2.45) is 0 Å². The molecule has 0 bridgehead atoms. The fourth-order valence-corrected chi connectivity index (χ4v) is 6.80. The maximum atomic E-state index is 12.8. The Kier molecular flexibility index (Phi) is 52.1. The SMILES string of the molecule is CC/C=C\C/C=C\C/C=C\C/C=C\C/C=C\C/C=C\CCCCCCCCC(=O)OCC(COC(=O)CCCCCCC)OC(=O)CCCC/C=C\C/C=C\C/C=C\C/C=C\C/C=C\C/C=C\CC. The first-order chi connectivity index (χ1) is 34.0. The standard InChI is InChI=1S/C63H98O6/c1-4-7-10-13-15-17-19-21-23-25-27-29-30-31-32-34-35-37-39-41-43-45-47-50-53-56-62(65)68-59-60(58-67-61(64)55-52-49-12-9-6-3)69-63(66)57-54-51-48-46-44-42-40-38-36-33-28-26-24-22-20-18-16-14-11-8-5-2/h7-8,10-11,15-18,21-24,27-29,31-33,35,37-38,40,44,46,60H,4-6,9,12-14,19-20,25-26,30,34,36,39,41-43,45,47-59H2,1-3H3/b10-7-,11-8-,17-15-,18-16-,23-21-,24-22-,29-27-,32-31-,33-28-,37-35-,40-38-,46-44-. The molecule has 0 amide bonds. The monoisotopic (exact) mass is 951 g/mol. The van der Waals surface area contributed by atoms with Crippen LogP contribution in [0.3, 0.4) is 0 Å². The van der Waals surface area contributed by atoms with Crippen molar-refractivity contribution in [3.8, 4) is 0 Å². The highest BCUT2D eigenvalue weighted by Gasteiger charge is 2.19. The van der Waals surface area contributed by atoms with Crippen LogP contribution in [0.15, 0.2) is 146 Å². The van der Waals surface area contributed by atoms with E-state index in [1.54, 1.807) is 0 Å². The normalized spacial score (nSPS) is 13.3. The molecule has 0 saturated carbocycles. The number of hydrogen-bond donors (Lipinski definition) is 0. The molecule has 0 aromatic rings. The first-order valence-corrected chi connectivity index (χ1v) is 27.3. The molecule has 386 valence electrons. The van der Waals surface area contributed by atoms with E-state index in [2.05, 4.69) is 167 Å². The van der Waals surface area contributed by atoms with Gasteiger partial charge in [-0.05, 0) is 122 Å². The van der Waals surface area contributed by atoms with E-state index in [0.29, 0.717) is 19.3 Å². The molecular weight excluding hydrogens is 853 g/mol. The Labute approximate surface area is 423 Å². The van der Waals surface area contributed by atoms with Gasteiger partial charge in [-0.25, -0.2) is 0 Å². The number of unbranched alkanes of at least 4 members (excludes halogenated alkanes) is 12. The van der Waals surface area contributed by atoms with Gasteiger partial charge in [0, 0.05) is 19.3 Å². The zero-order valence-corrected chi connectivity index (χ0v) is 44.0. The molecule has 1 unspecified atom stereocenters. The van der Waals surface area contributed by atoms with Crippen LogP contribution in [0.4, 0.5) is 0 Å². The Balaban J connectivity index is 4.28. The summed E-state index contributed by atoms with van der Waals surface area (Å²) in [5.74, 6) is -0.991. The second kappa shape index (κ2) is 55.9. The minimum absolute atomic E-state index is 0.107. The molecule has 0 saturated heterocycles. The van der Waals surface area contributed by atoms with Crippen molar-refractivity contribution in [1.29, 1.82) is 0 Å². The Bertz CT molecular complexity index is 1560. The highest BCUT2D eigenvalue weighted by molar-refractivity contribution is 5.71. The largest absolute Gasteiger partial charge is 0.462 e. The van der Waals surface area contributed by atoms with Gasteiger partial charge in [-0.2, -0.15) is 0 Å². The van der Waals surface area contributed by atoms with Gasteiger partial charge < -0.3 is 14.2 Å². The third-order valence-corrected chi connectivity index (χ3v) is 10.8. The second-order valence-electron chi connectivity index (χ2n) is 17.4. The van der Waals surface area contributed by atoms with Crippen LogP contribution in [0.25, 0.3) is 0 Å². The Morgan fingerprint density at radius 2 is 0.565 bits per heavy atom. The van der Waals surface area contributed by atoms with Crippen molar-refractivity contribution in [1.82, 2.24) is 0 Å². The lowest BCUT2D eigenvalue weighted by Gasteiger charge is -2.18. The molecule has 0 spiro atoms. The van der Waals surface area contributed by atoms with Crippen LogP contribution in [0.1, 0.15) is 213 Å². The number of rotatable bonds is 47. The van der Waals surface area contributed by atoms with Crippen LogP contribution >= 0.6 is 0 Å². The molecule has 0 fully saturated rings. The number of allylic oxidation sites excluding steroid dienone is 24. The third kappa shape index (κ3) is 54.1. The number of esters is 3. The van der Waals surface area contributed by atoms with Gasteiger partial charge in [0.25, 0.3) is 0 Å². The maximum absolute atomic E-state index is 12.8. The fourth-order valence-electron chi connectivity index (χ4n) is 6.80. The van der Waals surface area contributed by atoms with E-state index >= 15 is 0 Å². The first kappa shape index (κ1) is 64.3. The Morgan fingerprint density at radius 1 is 0.304 bits per heavy atom. The van der Waals surface area contributed by atoms with Crippen molar-refractivity contribution in [3.05, 3.63) is 146 Å². The summed E-state index contributed by atoms with van der Waals surface area (Å²) in [5.41, 5.74) is 0. The van der Waals surface area contributed by atoms with Crippen molar-refractivity contribution in [2.45, 2.75) is 219 Å². The molecule has 0 aliphatic rings. The molecule has 69 heavy (non-hydrogen) atoms. The van der Waals surface area contributed by atoms with Crippen molar-refractivity contribution in [3.63, 3.8) is 0 Å². The maximum Gasteiger partial charge on any atom is 0.306 e. The summed E-state index contributed by atoms with van der Waals surface area (Å²) >= 11 is 0. The molecule has 0 heterocycles. The molecule has 0 N–H and O–H groups in total. The highest BCUT2D eigenvalue weighted by atomic mass is 16.6. The predicted octanol–water partition coefficient (Wildman–Crippen LogP) is 18.4. The Hall–Kier alpha value is -4.71. The van der Waals surface area contributed by atoms with E-state index in [1.165, 1.54) is 12.8 Å². The highest BCUT2D eigenvalue weighted by Crippen LogP contribution is 2.12. The first-order valence-electron chi connectivity index (χ1n) is 27.3. The quantitative estimate of drug-likeness (QED) is 0.0262. The van der Waals surface area contributed by atoms with E-state index in [1.807, 2.05) is 0 Å². The van der Waals surface area contributed by atoms with E-state index in [4.69, 9.17) is 14.2 Å². The van der Waals surface area contributed by atoms with Gasteiger partial charge in [0.15, 0.2) is 6.10 Å². The topological polar surface area (TPSA) is 78.9 Å². The van der Waals surface area contributed by atoms with Gasteiger partial charge in [-0.15, -0.1) is 0 Å². The average molecular weight is 951 g/mol. The fraction of sp³-hybridized carbons (Fsp3) is 0.571. The van der Waals surface area contributed by atoms with Crippen LogP contribution in [0.5, 0.6) is 0 Å². The lowest BCUT2D eigenvalue weighted by atomic mass is 10.1. The second-order valence-corrected chi connectivity index (χ2v) is 17.4. The molecular formula is C63H98O6. The number of carbonyl (C=O) groups is 3. The van der Waals surface area contributed by atoms with E-state index in [9.17, 15) is 14.4 Å². The van der Waals surface area contributed by atoms with E-state index in [-0.39, 0.29) is 37.5 Å². The van der Waals surface area contributed by atoms with Crippen LogP contribution in [0.2, 0.25) is 0 Å². The molecule has 0 aromatic carbocycles. The summed E-state index contributed by atoms with van der Waals surface area (Å²) in [6.07, 6.45) is 80.2. The number of ether oxygens (including phenoxy) is 3. The molecule has 0 rings (SSSR count). The zero-order chi connectivity index (χ0) is 50.0.